The highest BCUT2D eigenvalue weighted by Crippen LogP contribution is 2.47. The van der Waals surface area contributed by atoms with Crippen LogP contribution < -0.4 is 5.73 Å². The number of hydrogen-bond acceptors (Lipinski definition) is 3. The van der Waals surface area contributed by atoms with E-state index in [2.05, 4.69) is 11.8 Å². The van der Waals surface area contributed by atoms with E-state index >= 15 is 0 Å². The molecule has 1 saturated carbocycles. The van der Waals surface area contributed by atoms with Gasteiger partial charge in [-0.2, -0.15) is 5.26 Å². The normalized spacial score (nSPS) is 30.3. The number of rotatable bonds is 0. The highest BCUT2D eigenvalue weighted by molar-refractivity contribution is 6.03. The van der Waals surface area contributed by atoms with Crippen molar-refractivity contribution in [3.8, 4) is 6.07 Å². The molecule has 0 heterocycles. The van der Waals surface area contributed by atoms with Gasteiger partial charge >= 0.3 is 0 Å². The van der Waals surface area contributed by atoms with Crippen LogP contribution in [0.1, 0.15) is 39.5 Å². The Labute approximate surface area is 104 Å². The number of nitriles is 1. The second-order valence-corrected chi connectivity index (χ2v) is 5.30. The molecule has 3 heteroatoms. The van der Waals surface area contributed by atoms with Crippen LogP contribution in [0.4, 0.5) is 0 Å². The molecule has 0 bridgehead atoms. The molecule has 2 atom stereocenters. The van der Waals surface area contributed by atoms with Crippen LogP contribution in [-0.2, 0) is 4.79 Å². The lowest BCUT2D eigenvalue weighted by Crippen LogP contribution is -2.42. The van der Waals surface area contributed by atoms with E-state index in [0.29, 0.717) is 17.4 Å². The second kappa shape index (κ2) is 5.46. The molecule has 0 aliphatic heterocycles. The molecule has 0 amide bonds. The smallest absolute Gasteiger partial charge is 0.178 e. The van der Waals surface area contributed by atoms with Crippen LogP contribution in [0.25, 0.3) is 0 Å². The standard InChI is InChI=1S/C13H17NO.CH5N/c1-13(2)11-6-4-3-5-9(11)7-10(8-14)12(13)15;1-2/h7,9,11H,3-6H2,1-2H3;2H2,1H3. The summed E-state index contributed by atoms with van der Waals surface area (Å²) < 4.78 is 0. The summed E-state index contributed by atoms with van der Waals surface area (Å²) in [5.74, 6) is 0.963. The van der Waals surface area contributed by atoms with Gasteiger partial charge in [-0.1, -0.05) is 32.8 Å². The monoisotopic (exact) mass is 234 g/mol. The van der Waals surface area contributed by atoms with Crippen LogP contribution in [-0.4, -0.2) is 12.8 Å². The summed E-state index contributed by atoms with van der Waals surface area (Å²) in [7, 11) is 1.50. The van der Waals surface area contributed by atoms with E-state index in [0.717, 1.165) is 12.8 Å². The third-order valence-corrected chi connectivity index (χ3v) is 4.08. The largest absolute Gasteiger partial charge is 0.333 e. The van der Waals surface area contributed by atoms with Gasteiger partial charge in [0.2, 0.25) is 0 Å². The van der Waals surface area contributed by atoms with Gasteiger partial charge in [0, 0.05) is 5.41 Å². The van der Waals surface area contributed by atoms with E-state index in [-0.39, 0.29) is 11.2 Å². The van der Waals surface area contributed by atoms with Gasteiger partial charge < -0.3 is 5.73 Å². The van der Waals surface area contributed by atoms with E-state index in [1.54, 1.807) is 0 Å². The second-order valence-electron chi connectivity index (χ2n) is 5.30. The number of Topliss-reactive ketones (excluding diaryl/α,β-unsaturated/α-hetero) is 1. The topological polar surface area (TPSA) is 66.9 Å². The third kappa shape index (κ3) is 2.42. The molecule has 2 N–H and O–H groups in total. The van der Waals surface area contributed by atoms with Crippen LogP contribution in [0, 0.1) is 28.6 Å². The average molecular weight is 234 g/mol. The fourth-order valence-corrected chi connectivity index (χ4v) is 3.15. The minimum Gasteiger partial charge on any atom is -0.333 e. The lowest BCUT2D eigenvalue weighted by molar-refractivity contribution is -0.128. The Morgan fingerprint density at radius 2 is 1.94 bits per heavy atom. The number of carbonyl (C=O) groups excluding carboxylic acids is 1. The average Bonchev–Trinajstić information content (AvgIpc) is 2.36. The van der Waals surface area contributed by atoms with Gasteiger partial charge in [0.15, 0.2) is 5.78 Å². The fraction of sp³-hybridized carbons (Fsp3) is 0.714. The molecule has 2 aliphatic rings. The van der Waals surface area contributed by atoms with Crippen LogP contribution in [0.3, 0.4) is 0 Å². The van der Waals surface area contributed by atoms with Crippen molar-refractivity contribution in [2.75, 3.05) is 7.05 Å². The molecule has 0 aromatic carbocycles. The number of hydrogen-bond donors (Lipinski definition) is 1. The molecule has 17 heavy (non-hydrogen) atoms. The van der Waals surface area contributed by atoms with Gasteiger partial charge in [-0.15, -0.1) is 0 Å². The molecular formula is C14H22N2O. The first-order chi connectivity index (χ1) is 8.07. The third-order valence-electron chi connectivity index (χ3n) is 4.08. The number of ketones is 1. The molecule has 2 aliphatic carbocycles. The van der Waals surface area contributed by atoms with E-state index in [1.165, 1.54) is 19.9 Å². The molecule has 94 valence electrons. The molecular weight excluding hydrogens is 212 g/mol. The highest BCUT2D eigenvalue weighted by atomic mass is 16.1. The Hall–Kier alpha value is -1.14. The van der Waals surface area contributed by atoms with Gasteiger partial charge in [0.1, 0.15) is 6.07 Å². The lowest BCUT2D eigenvalue weighted by Gasteiger charge is -2.43. The van der Waals surface area contributed by atoms with Gasteiger partial charge in [-0.25, -0.2) is 0 Å². The van der Waals surface area contributed by atoms with Crippen molar-refractivity contribution < 1.29 is 4.79 Å². The van der Waals surface area contributed by atoms with Crippen LogP contribution in [0.15, 0.2) is 11.6 Å². The van der Waals surface area contributed by atoms with Crippen molar-refractivity contribution in [1.82, 2.24) is 0 Å². The van der Waals surface area contributed by atoms with E-state index in [9.17, 15) is 4.79 Å². The zero-order chi connectivity index (χ0) is 13.1. The fourth-order valence-electron chi connectivity index (χ4n) is 3.15. The first kappa shape index (κ1) is 13.9. The minimum atomic E-state index is -0.328. The molecule has 0 spiro atoms. The summed E-state index contributed by atoms with van der Waals surface area (Å²) in [5.41, 5.74) is 4.56. The number of allylic oxidation sites excluding steroid dienone is 2. The maximum atomic E-state index is 12.0. The van der Waals surface area contributed by atoms with E-state index < -0.39 is 0 Å². The van der Waals surface area contributed by atoms with Crippen LogP contribution >= 0.6 is 0 Å². The summed E-state index contributed by atoms with van der Waals surface area (Å²) >= 11 is 0. The van der Waals surface area contributed by atoms with E-state index in [4.69, 9.17) is 5.26 Å². The van der Waals surface area contributed by atoms with Crippen molar-refractivity contribution in [2.45, 2.75) is 39.5 Å². The molecule has 2 unspecified atom stereocenters. The predicted molar refractivity (Wildman–Crippen MR) is 68.0 cm³/mol. The summed E-state index contributed by atoms with van der Waals surface area (Å²) in [6.45, 7) is 4.01. The summed E-state index contributed by atoms with van der Waals surface area (Å²) in [6, 6.07) is 2.05. The Balaban J connectivity index is 0.000000686. The Morgan fingerprint density at radius 3 is 2.53 bits per heavy atom. The van der Waals surface area contributed by atoms with Crippen molar-refractivity contribution in [3.05, 3.63) is 11.6 Å². The predicted octanol–water partition coefficient (Wildman–Crippen LogP) is 2.43. The highest BCUT2D eigenvalue weighted by Gasteiger charge is 2.45. The van der Waals surface area contributed by atoms with Crippen molar-refractivity contribution in [3.63, 3.8) is 0 Å². The molecule has 2 rings (SSSR count). The quantitative estimate of drug-likeness (QED) is 0.700. The van der Waals surface area contributed by atoms with Gasteiger partial charge in [0.25, 0.3) is 0 Å². The minimum absolute atomic E-state index is 0.0492. The summed E-state index contributed by atoms with van der Waals surface area (Å²) in [5, 5.41) is 8.94. The summed E-state index contributed by atoms with van der Waals surface area (Å²) in [4.78, 5) is 12.0. The molecule has 3 nitrogen and oxygen atoms in total. The first-order valence-electron chi connectivity index (χ1n) is 6.32. The SMILES string of the molecule is CC1(C)C(=O)C(C#N)=CC2CCCCC21.CN. The first-order valence-corrected chi connectivity index (χ1v) is 6.32. The molecule has 0 saturated heterocycles. The maximum absolute atomic E-state index is 12.0. The van der Waals surface area contributed by atoms with Gasteiger partial charge in [-0.05, 0) is 31.7 Å². The van der Waals surface area contributed by atoms with Gasteiger partial charge in [0.05, 0.1) is 5.57 Å². The maximum Gasteiger partial charge on any atom is 0.178 e. The lowest BCUT2D eigenvalue weighted by atomic mass is 9.59. The number of nitrogens with two attached hydrogens (primary N) is 1. The number of carbonyl (C=O) groups is 1. The molecule has 0 aromatic heterocycles. The van der Waals surface area contributed by atoms with Crippen molar-refractivity contribution >= 4 is 5.78 Å². The van der Waals surface area contributed by atoms with Crippen molar-refractivity contribution in [1.29, 1.82) is 5.26 Å². The molecule has 1 fully saturated rings. The Bertz CT molecular complexity index is 363. The van der Waals surface area contributed by atoms with Crippen molar-refractivity contribution in [2.24, 2.45) is 23.0 Å². The van der Waals surface area contributed by atoms with Crippen LogP contribution in [0.5, 0.6) is 0 Å². The molecule has 0 aromatic rings. The zero-order valence-electron chi connectivity index (χ0n) is 11.0. The Kier molecular flexibility index (Phi) is 4.47. The van der Waals surface area contributed by atoms with E-state index in [1.807, 2.05) is 19.9 Å². The van der Waals surface area contributed by atoms with Crippen LogP contribution in [0.2, 0.25) is 0 Å². The number of nitrogens with zero attached hydrogens (tertiary/aromatic N) is 1. The number of fused-ring (bicyclic) bond motifs is 1. The van der Waals surface area contributed by atoms with Gasteiger partial charge in [-0.3, -0.25) is 4.79 Å². The summed E-state index contributed by atoms with van der Waals surface area (Å²) in [6.07, 6.45) is 6.68. The zero-order valence-corrected chi connectivity index (χ0v) is 11.0. The molecule has 0 radical (unpaired) electrons. The Morgan fingerprint density at radius 1 is 1.35 bits per heavy atom.